The monoisotopic (exact) mass is 368 g/mol. The first-order valence-corrected chi connectivity index (χ1v) is 8.21. The van der Waals surface area contributed by atoms with Gasteiger partial charge in [0.05, 0.1) is 5.69 Å². The van der Waals surface area contributed by atoms with Crippen LogP contribution in [0.5, 0.6) is 0 Å². The van der Waals surface area contributed by atoms with E-state index in [2.05, 4.69) is 50.4 Å². The maximum absolute atomic E-state index is 12.1. The Morgan fingerprint density at radius 1 is 1.43 bits per heavy atom. The van der Waals surface area contributed by atoms with Gasteiger partial charge >= 0.3 is 0 Å². The summed E-state index contributed by atoms with van der Waals surface area (Å²) in [5.74, 6) is 1.04. The first-order chi connectivity index (χ1) is 9.95. The first-order valence-electron chi connectivity index (χ1n) is 6.60. The molecule has 0 fully saturated rings. The summed E-state index contributed by atoms with van der Waals surface area (Å²) in [7, 11) is 0. The van der Waals surface area contributed by atoms with Crippen molar-refractivity contribution in [2.45, 2.75) is 20.8 Å². The zero-order valence-corrected chi connectivity index (χ0v) is 14.5. The lowest BCUT2D eigenvalue weighted by atomic mass is 10.2. The molecule has 0 saturated heterocycles. The number of hydrogen-bond acceptors (Lipinski definition) is 5. The van der Waals surface area contributed by atoms with E-state index in [0.29, 0.717) is 28.3 Å². The average Bonchev–Trinajstić information content (AvgIpc) is 2.79. The van der Waals surface area contributed by atoms with E-state index >= 15 is 0 Å². The van der Waals surface area contributed by atoms with Crippen LogP contribution in [0.25, 0.3) is 0 Å². The van der Waals surface area contributed by atoms with Gasteiger partial charge in [-0.3, -0.25) is 4.79 Å². The Labute approximate surface area is 136 Å². The Balaban J connectivity index is 2.08. The van der Waals surface area contributed by atoms with Crippen molar-refractivity contribution in [1.82, 2.24) is 15.3 Å². The highest BCUT2D eigenvalue weighted by Crippen LogP contribution is 2.25. The van der Waals surface area contributed by atoms with E-state index in [9.17, 15) is 4.79 Å². The molecule has 2 aromatic rings. The molecule has 5 nitrogen and oxygen atoms in total. The van der Waals surface area contributed by atoms with Gasteiger partial charge < -0.3 is 10.6 Å². The van der Waals surface area contributed by atoms with Crippen LogP contribution in [0.15, 0.2) is 22.8 Å². The van der Waals surface area contributed by atoms with E-state index < -0.39 is 0 Å². The lowest BCUT2D eigenvalue weighted by Crippen LogP contribution is -2.27. The summed E-state index contributed by atoms with van der Waals surface area (Å²) in [5, 5.41) is 6.68. The molecule has 112 valence electrons. The molecule has 2 heterocycles. The fraction of sp³-hybridized carbons (Fsp3) is 0.357. The summed E-state index contributed by atoms with van der Waals surface area (Å²) < 4.78 is 0.914. The van der Waals surface area contributed by atoms with Gasteiger partial charge in [0.1, 0.15) is 10.7 Å². The first kappa shape index (κ1) is 15.9. The predicted molar refractivity (Wildman–Crippen MR) is 89.2 cm³/mol. The van der Waals surface area contributed by atoms with E-state index in [-0.39, 0.29) is 5.91 Å². The van der Waals surface area contributed by atoms with Gasteiger partial charge in [-0.25, -0.2) is 9.97 Å². The fourth-order valence-electron chi connectivity index (χ4n) is 1.60. The van der Waals surface area contributed by atoms with Crippen LogP contribution in [-0.4, -0.2) is 22.4 Å². The van der Waals surface area contributed by atoms with Gasteiger partial charge in [-0.15, -0.1) is 0 Å². The van der Waals surface area contributed by atoms with Gasteiger partial charge in [0, 0.05) is 17.2 Å². The van der Waals surface area contributed by atoms with E-state index in [1.807, 2.05) is 19.1 Å². The number of aromatic nitrogens is 2. The zero-order valence-electron chi connectivity index (χ0n) is 12.1. The van der Waals surface area contributed by atoms with E-state index in [1.54, 1.807) is 6.20 Å². The van der Waals surface area contributed by atoms with Crippen LogP contribution < -0.4 is 10.6 Å². The number of aryl methyl sites for hydroxylation is 1. The van der Waals surface area contributed by atoms with Gasteiger partial charge in [-0.1, -0.05) is 25.2 Å². The van der Waals surface area contributed by atoms with Crippen LogP contribution in [-0.2, 0) is 0 Å². The highest BCUT2D eigenvalue weighted by molar-refractivity contribution is 9.10. The standard InChI is InChI=1S/C14H17BrN4OS/c1-8(2)6-17-13(20)12-9(3)18-14(21-12)19-11-5-4-10(15)7-16-11/h4-5,7-8H,6H2,1-3H3,(H,17,20)(H,16,18,19). The summed E-state index contributed by atoms with van der Waals surface area (Å²) in [4.78, 5) is 21.3. The number of nitrogens with zero attached hydrogens (tertiary/aromatic N) is 2. The lowest BCUT2D eigenvalue weighted by Gasteiger charge is -2.06. The molecule has 0 bridgehead atoms. The largest absolute Gasteiger partial charge is 0.351 e. The quantitative estimate of drug-likeness (QED) is 0.843. The SMILES string of the molecule is Cc1nc(Nc2ccc(Br)cn2)sc1C(=O)NCC(C)C. The van der Waals surface area contributed by atoms with Crippen molar-refractivity contribution in [2.75, 3.05) is 11.9 Å². The topological polar surface area (TPSA) is 66.9 Å². The predicted octanol–water partition coefficient (Wildman–Crippen LogP) is 3.74. The summed E-state index contributed by atoms with van der Waals surface area (Å²) in [5.41, 5.74) is 0.723. The highest BCUT2D eigenvalue weighted by Gasteiger charge is 2.15. The van der Waals surface area contributed by atoms with Crippen molar-refractivity contribution < 1.29 is 4.79 Å². The summed E-state index contributed by atoms with van der Waals surface area (Å²) in [6.07, 6.45) is 1.71. The van der Waals surface area contributed by atoms with Gasteiger partial charge in [-0.2, -0.15) is 0 Å². The van der Waals surface area contributed by atoms with Crippen molar-refractivity contribution in [3.8, 4) is 0 Å². The number of carbonyl (C=O) groups excluding carboxylic acids is 1. The number of rotatable bonds is 5. The number of anilines is 2. The molecule has 7 heteroatoms. The second-order valence-electron chi connectivity index (χ2n) is 5.02. The molecule has 2 aromatic heterocycles. The van der Waals surface area contributed by atoms with Crippen LogP contribution in [0.3, 0.4) is 0 Å². The molecule has 0 aliphatic heterocycles. The molecule has 1 amide bonds. The number of thiazole rings is 1. The van der Waals surface area contributed by atoms with Crippen molar-refractivity contribution in [3.63, 3.8) is 0 Å². The smallest absolute Gasteiger partial charge is 0.263 e. The Kier molecular flexibility index (Phi) is 5.30. The summed E-state index contributed by atoms with van der Waals surface area (Å²) in [6, 6.07) is 3.74. The molecular formula is C14H17BrN4OS. The third-order valence-electron chi connectivity index (χ3n) is 2.64. The molecule has 0 saturated carbocycles. The Bertz CT molecular complexity index is 624. The summed E-state index contributed by atoms with van der Waals surface area (Å²) >= 11 is 4.67. The molecule has 21 heavy (non-hydrogen) atoms. The molecule has 0 atom stereocenters. The third kappa shape index (κ3) is 4.50. The molecule has 0 aromatic carbocycles. The Hall–Kier alpha value is -1.47. The Morgan fingerprint density at radius 2 is 2.19 bits per heavy atom. The molecule has 0 unspecified atom stereocenters. The minimum atomic E-state index is -0.0736. The van der Waals surface area contributed by atoms with Gasteiger partial charge in [0.2, 0.25) is 0 Å². The van der Waals surface area contributed by atoms with Crippen LogP contribution in [0.4, 0.5) is 10.9 Å². The second kappa shape index (κ2) is 7.00. The second-order valence-corrected chi connectivity index (χ2v) is 6.94. The number of amides is 1. The van der Waals surface area contributed by atoms with Crippen molar-refractivity contribution in [3.05, 3.63) is 33.4 Å². The van der Waals surface area contributed by atoms with E-state index in [1.165, 1.54) is 11.3 Å². The van der Waals surface area contributed by atoms with Gasteiger partial charge in [0.15, 0.2) is 5.13 Å². The molecule has 0 aliphatic rings. The van der Waals surface area contributed by atoms with Gasteiger partial charge in [-0.05, 0) is 40.9 Å². The summed E-state index contributed by atoms with van der Waals surface area (Å²) in [6.45, 7) is 6.62. The molecule has 0 radical (unpaired) electrons. The normalized spacial score (nSPS) is 10.7. The van der Waals surface area contributed by atoms with Crippen LogP contribution in [0, 0.1) is 12.8 Å². The molecule has 2 N–H and O–H groups in total. The molecule has 0 spiro atoms. The Morgan fingerprint density at radius 3 is 2.81 bits per heavy atom. The van der Waals surface area contributed by atoms with E-state index in [0.717, 1.165) is 10.2 Å². The van der Waals surface area contributed by atoms with E-state index in [4.69, 9.17) is 0 Å². The molecular weight excluding hydrogens is 352 g/mol. The highest BCUT2D eigenvalue weighted by atomic mass is 79.9. The average molecular weight is 369 g/mol. The minimum absolute atomic E-state index is 0.0736. The number of carbonyl (C=O) groups is 1. The zero-order chi connectivity index (χ0) is 15.4. The van der Waals surface area contributed by atoms with Crippen molar-refractivity contribution >= 4 is 44.1 Å². The third-order valence-corrected chi connectivity index (χ3v) is 4.18. The molecule has 2 rings (SSSR count). The number of nitrogens with one attached hydrogen (secondary N) is 2. The number of halogens is 1. The number of hydrogen-bond donors (Lipinski definition) is 2. The lowest BCUT2D eigenvalue weighted by molar-refractivity contribution is 0.0952. The minimum Gasteiger partial charge on any atom is -0.351 e. The molecule has 0 aliphatic carbocycles. The number of pyridine rings is 1. The van der Waals surface area contributed by atoms with Crippen LogP contribution >= 0.6 is 27.3 Å². The maximum Gasteiger partial charge on any atom is 0.263 e. The van der Waals surface area contributed by atoms with Crippen molar-refractivity contribution in [2.24, 2.45) is 5.92 Å². The van der Waals surface area contributed by atoms with Gasteiger partial charge in [0.25, 0.3) is 5.91 Å². The van der Waals surface area contributed by atoms with Crippen LogP contribution in [0.2, 0.25) is 0 Å². The van der Waals surface area contributed by atoms with Crippen molar-refractivity contribution in [1.29, 1.82) is 0 Å². The fourth-order valence-corrected chi connectivity index (χ4v) is 2.72. The van der Waals surface area contributed by atoms with Crippen LogP contribution in [0.1, 0.15) is 29.2 Å². The maximum atomic E-state index is 12.1.